The Hall–Kier alpha value is -3.88. The lowest BCUT2D eigenvalue weighted by Gasteiger charge is -2.31. The predicted molar refractivity (Wildman–Crippen MR) is 141 cm³/mol. The van der Waals surface area contributed by atoms with Crippen LogP contribution < -0.4 is 20.7 Å². The van der Waals surface area contributed by atoms with E-state index in [4.69, 9.17) is 4.42 Å². The van der Waals surface area contributed by atoms with E-state index in [0.717, 1.165) is 11.2 Å². The molecule has 0 bridgehead atoms. The molecule has 0 radical (unpaired) electrons. The van der Waals surface area contributed by atoms with Crippen molar-refractivity contribution >= 4 is 50.8 Å². The minimum atomic E-state index is -2.46. The third kappa shape index (κ3) is 2.47. The second kappa shape index (κ2) is 6.81. The number of benzene rings is 5. The summed E-state index contributed by atoms with van der Waals surface area (Å²) < 4.78 is 6.34. The number of hydrogen-bond donors (Lipinski definition) is 0. The van der Waals surface area contributed by atoms with Gasteiger partial charge in [-0.15, -0.1) is 0 Å². The molecule has 0 spiro atoms. The Bertz CT molecular complexity index is 1620. The molecular weight excluding hydrogens is 416 g/mol. The molecule has 2 heteroatoms. The number of aryl methyl sites for hydroxylation is 1. The van der Waals surface area contributed by atoms with Gasteiger partial charge in [-0.25, -0.2) is 0 Å². The van der Waals surface area contributed by atoms with Crippen molar-refractivity contribution in [2.45, 2.75) is 6.92 Å². The lowest BCUT2D eigenvalue weighted by Crippen LogP contribution is -2.72. The Kier molecular flexibility index (Phi) is 3.85. The van der Waals surface area contributed by atoms with Crippen molar-refractivity contribution in [3.05, 3.63) is 121 Å². The Balaban J connectivity index is 1.69. The summed E-state index contributed by atoms with van der Waals surface area (Å²) >= 11 is 0. The van der Waals surface area contributed by atoms with Gasteiger partial charge in [0.15, 0.2) is 8.07 Å². The molecule has 1 aliphatic heterocycles. The predicted octanol–water partition coefficient (Wildman–Crippen LogP) is 5.25. The maximum Gasteiger partial charge on any atom is 0.180 e. The molecule has 1 aliphatic rings. The fourth-order valence-corrected chi connectivity index (χ4v) is 11.0. The summed E-state index contributed by atoms with van der Waals surface area (Å²) in [5, 5.41) is 8.18. The number of fused-ring (bicyclic) bond motifs is 6. The van der Waals surface area contributed by atoms with Crippen LogP contribution in [-0.2, 0) is 0 Å². The van der Waals surface area contributed by atoms with Crippen molar-refractivity contribution in [2.24, 2.45) is 0 Å². The Morgan fingerprint density at radius 1 is 0.515 bits per heavy atom. The third-order valence-corrected chi connectivity index (χ3v) is 12.1. The molecule has 5 aromatic carbocycles. The van der Waals surface area contributed by atoms with Gasteiger partial charge < -0.3 is 4.42 Å². The van der Waals surface area contributed by atoms with Crippen LogP contribution in [0.2, 0.25) is 0 Å². The summed E-state index contributed by atoms with van der Waals surface area (Å²) in [6.07, 6.45) is 0. The average molecular weight is 439 g/mol. The normalized spacial score (nSPS) is 13.8. The van der Waals surface area contributed by atoms with E-state index < -0.39 is 8.07 Å². The Labute approximate surface area is 194 Å². The topological polar surface area (TPSA) is 13.1 Å². The highest BCUT2D eigenvalue weighted by Gasteiger charge is 2.48. The van der Waals surface area contributed by atoms with Crippen LogP contribution >= 0.6 is 0 Å². The minimum Gasteiger partial charge on any atom is -0.456 e. The average Bonchev–Trinajstić information content (AvgIpc) is 3.37. The van der Waals surface area contributed by atoms with E-state index in [0.29, 0.717) is 0 Å². The van der Waals surface area contributed by atoms with Crippen molar-refractivity contribution in [1.82, 2.24) is 0 Å². The molecule has 7 rings (SSSR count). The smallest absolute Gasteiger partial charge is 0.180 e. The molecule has 6 aromatic rings. The monoisotopic (exact) mass is 438 g/mol. The van der Waals surface area contributed by atoms with Crippen molar-refractivity contribution < 1.29 is 4.42 Å². The van der Waals surface area contributed by atoms with Crippen molar-refractivity contribution in [3.63, 3.8) is 0 Å². The molecule has 0 N–H and O–H groups in total. The van der Waals surface area contributed by atoms with Gasteiger partial charge in [-0.3, -0.25) is 0 Å². The molecule has 156 valence electrons. The molecule has 0 atom stereocenters. The number of rotatable bonds is 2. The summed E-state index contributed by atoms with van der Waals surface area (Å²) in [7, 11) is -2.46. The lowest BCUT2D eigenvalue weighted by molar-refractivity contribution is 0.669. The van der Waals surface area contributed by atoms with E-state index in [1.54, 1.807) is 0 Å². The second-order valence-electron chi connectivity index (χ2n) is 9.02. The highest BCUT2D eigenvalue weighted by atomic mass is 28.3. The maximum absolute atomic E-state index is 6.34. The van der Waals surface area contributed by atoms with E-state index in [1.807, 2.05) is 0 Å². The summed E-state index contributed by atoms with van der Waals surface area (Å²) in [6.45, 7) is 2.15. The lowest BCUT2D eigenvalue weighted by atomic mass is 10.0. The summed E-state index contributed by atoms with van der Waals surface area (Å²) in [5.41, 5.74) is 5.83. The van der Waals surface area contributed by atoms with Crippen molar-refractivity contribution in [1.29, 1.82) is 0 Å². The van der Waals surface area contributed by atoms with Gasteiger partial charge in [0, 0.05) is 10.8 Å². The van der Waals surface area contributed by atoms with Gasteiger partial charge in [0.25, 0.3) is 0 Å². The van der Waals surface area contributed by atoms with E-state index in [9.17, 15) is 0 Å². The van der Waals surface area contributed by atoms with Crippen molar-refractivity contribution in [3.8, 4) is 11.1 Å². The van der Waals surface area contributed by atoms with Gasteiger partial charge >= 0.3 is 0 Å². The summed E-state index contributed by atoms with van der Waals surface area (Å²) in [6, 6.07) is 42.5. The van der Waals surface area contributed by atoms with E-state index in [2.05, 4.69) is 122 Å². The highest BCUT2D eigenvalue weighted by molar-refractivity contribution is 7.22. The van der Waals surface area contributed by atoms with Crippen LogP contribution in [0.4, 0.5) is 0 Å². The Morgan fingerprint density at radius 3 is 1.88 bits per heavy atom. The van der Waals surface area contributed by atoms with Crippen LogP contribution in [0, 0.1) is 6.92 Å². The van der Waals surface area contributed by atoms with Gasteiger partial charge in [-0.1, -0.05) is 96.6 Å². The zero-order valence-corrected chi connectivity index (χ0v) is 19.4. The molecule has 33 heavy (non-hydrogen) atoms. The summed E-state index contributed by atoms with van der Waals surface area (Å²) in [5.74, 6) is 0. The van der Waals surface area contributed by atoms with E-state index in [-0.39, 0.29) is 0 Å². The minimum absolute atomic E-state index is 0.958. The second-order valence-corrected chi connectivity index (χ2v) is 12.8. The SMILES string of the molecule is Cc1ccc2oc3cc4c(cc3c2c1)[Si](c1ccccc1)(c1ccccc1)c1ccccc1-4. The van der Waals surface area contributed by atoms with Crippen LogP contribution in [0.1, 0.15) is 5.56 Å². The first-order valence-corrected chi connectivity index (χ1v) is 13.4. The fraction of sp³-hybridized carbons (Fsp3) is 0.0323. The highest BCUT2D eigenvalue weighted by Crippen LogP contribution is 2.36. The van der Waals surface area contributed by atoms with E-state index >= 15 is 0 Å². The molecule has 0 saturated carbocycles. The molecule has 0 unspecified atom stereocenters. The fourth-order valence-electron chi connectivity index (χ4n) is 5.82. The van der Waals surface area contributed by atoms with E-state index in [1.165, 1.54) is 48.2 Å². The molecule has 0 saturated heterocycles. The largest absolute Gasteiger partial charge is 0.456 e. The Morgan fingerprint density at radius 2 is 1.15 bits per heavy atom. The van der Waals surface area contributed by atoms with Gasteiger partial charge in [0.05, 0.1) is 0 Å². The zero-order chi connectivity index (χ0) is 22.0. The zero-order valence-electron chi connectivity index (χ0n) is 18.4. The van der Waals surface area contributed by atoms with Crippen LogP contribution in [0.5, 0.6) is 0 Å². The third-order valence-electron chi connectivity index (χ3n) is 7.20. The van der Waals surface area contributed by atoms with Crippen LogP contribution in [0.15, 0.2) is 120 Å². The van der Waals surface area contributed by atoms with Gasteiger partial charge in [-0.05, 0) is 63.1 Å². The molecule has 0 fully saturated rings. The molecule has 1 aromatic heterocycles. The van der Waals surface area contributed by atoms with Crippen molar-refractivity contribution in [2.75, 3.05) is 0 Å². The first-order chi connectivity index (χ1) is 16.3. The van der Waals surface area contributed by atoms with Gasteiger partial charge in [-0.2, -0.15) is 0 Å². The first-order valence-electron chi connectivity index (χ1n) is 11.4. The quantitative estimate of drug-likeness (QED) is 0.336. The maximum atomic E-state index is 6.34. The molecular formula is C31H22OSi. The first kappa shape index (κ1) is 18.7. The summed E-state index contributed by atoms with van der Waals surface area (Å²) in [4.78, 5) is 0. The molecule has 2 heterocycles. The molecule has 0 amide bonds. The number of furan rings is 1. The van der Waals surface area contributed by atoms with Gasteiger partial charge in [0.1, 0.15) is 11.2 Å². The van der Waals surface area contributed by atoms with Crippen LogP contribution in [-0.4, -0.2) is 8.07 Å². The van der Waals surface area contributed by atoms with Gasteiger partial charge in [0.2, 0.25) is 0 Å². The van der Waals surface area contributed by atoms with Crippen LogP contribution in [0.25, 0.3) is 33.1 Å². The standard InChI is InChI=1S/C31H22OSi/c1-21-16-17-28-25(18-21)26-20-31-27(19-29(26)32-28)24-14-8-9-15-30(24)33(31,22-10-4-2-5-11-22)23-12-6-3-7-13-23/h2-20H,1H3. The number of hydrogen-bond acceptors (Lipinski definition) is 1. The molecule has 1 nitrogen and oxygen atoms in total. The van der Waals surface area contributed by atoms with Crippen LogP contribution in [0.3, 0.4) is 0 Å². The molecule has 0 aliphatic carbocycles.